The molecule has 24 heavy (non-hydrogen) atoms. The van der Waals surface area contributed by atoms with Crippen LogP contribution in [0.5, 0.6) is 10.9 Å². The molecule has 5 atom stereocenters. The van der Waals surface area contributed by atoms with Crippen LogP contribution < -0.4 is 9.47 Å². The van der Waals surface area contributed by atoms with Gasteiger partial charge in [-0.2, -0.15) is 0 Å². The predicted molar refractivity (Wildman–Crippen MR) is 86.1 cm³/mol. The average molecular weight is 353 g/mol. The van der Waals surface area contributed by atoms with E-state index in [2.05, 4.69) is 4.98 Å². The number of aliphatic hydroxyl groups excluding tert-OH is 3. The van der Waals surface area contributed by atoms with Crippen molar-refractivity contribution >= 4 is 11.3 Å². The zero-order valence-electron chi connectivity index (χ0n) is 13.0. The molecule has 8 heteroatoms. The molecule has 130 valence electrons. The van der Waals surface area contributed by atoms with Crippen molar-refractivity contribution in [2.75, 3.05) is 6.61 Å². The van der Waals surface area contributed by atoms with Crippen LogP contribution >= 0.6 is 11.3 Å². The molecule has 0 bridgehead atoms. The summed E-state index contributed by atoms with van der Waals surface area (Å²) in [6, 6.07) is 8.84. The number of hydrogen-bond donors (Lipinski definition) is 3. The summed E-state index contributed by atoms with van der Waals surface area (Å²) in [7, 11) is 0. The second-order valence-corrected chi connectivity index (χ2v) is 6.30. The van der Waals surface area contributed by atoms with Crippen molar-refractivity contribution in [2.45, 2.75) is 37.6 Å². The summed E-state index contributed by atoms with van der Waals surface area (Å²) in [5.74, 6) is 0.499. The molecule has 1 aromatic heterocycles. The van der Waals surface area contributed by atoms with Gasteiger partial charge < -0.3 is 29.5 Å². The largest absolute Gasteiger partial charge is 0.462 e. The molecule has 0 spiro atoms. The Labute approximate surface area is 143 Å². The Bertz CT molecular complexity index is 651. The molecule has 0 unspecified atom stereocenters. The van der Waals surface area contributed by atoms with E-state index in [0.29, 0.717) is 10.9 Å². The first-order chi connectivity index (χ1) is 11.6. The van der Waals surface area contributed by atoms with Crippen LogP contribution in [0.4, 0.5) is 0 Å². The molecule has 3 rings (SSSR count). The van der Waals surface area contributed by atoms with E-state index in [-0.39, 0.29) is 0 Å². The van der Waals surface area contributed by atoms with Crippen molar-refractivity contribution in [3.63, 3.8) is 0 Å². The molecule has 1 aliphatic rings. The quantitative estimate of drug-likeness (QED) is 0.728. The summed E-state index contributed by atoms with van der Waals surface area (Å²) >= 11 is 1.26. The molecule has 0 saturated carbocycles. The summed E-state index contributed by atoms with van der Waals surface area (Å²) in [6.07, 6.45) is -5.53. The highest BCUT2D eigenvalue weighted by atomic mass is 32.1. The first-order valence-electron chi connectivity index (χ1n) is 7.51. The maximum absolute atomic E-state index is 10.5. The lowest BCUT2D eigenvalue weighted by molar-refractivity contribution is -0.272. The Morgan fingerprint density at radius 3 is 2.54 bits per heavy atom. The maximum atomic E-state index is 10.5. The highest BCUT2D eigenvalue weighted by Crippen LogP contribution is 2.28. The normalized spacial score (nSPS) is 30.1. The van der Waals surface area contributed by atoms with Gasteiger partial charge in [0, 0.05) is 5.38 Å². The van der Waals surface area contributed by atoms with E-state index in [1.54, 1.807) is 29.6 Å². The van der Waals surface area contributed by atoms with Gasteiger partial charge >= 0.3 is 0 Å². The number of thiazole rings is 1. The van der Waals surface area contributed by atoms with Gasteiger partial charge in [0.1, 0.15) is 18.0 Å². The minimum absolute atomic E-state index is 0.327. The molecule has 0 amide bonds. The summed E-state index contributed by atoms with van der Waals surface area (Å²) in [5, 5.41) is 32.4. The Morgan fingerprint density at radius 1 is 1.17 bits per heavy atom. The van der Waals surface area contributed by atoms with Gasteiger partial charge in [-0.05, 0) is 19.1 Å². The molecule has 2 heterocycles. The highest BCUT2D eigenvalue weighted by molar-refractivity contribution is 7.11. The predicted octanol–water partition coefficient (Wildman–Crippen LogP) is 0.717. The summed E-state index contributed by atoms with van der Waals surface area (Å²) in [5.41, 5.74) is 0.779. The molecule has 1 fully saturated rings. The zero-order valence-corrected chi connectivity index (χ0v) is 13.8. The molecule has 0 aliphatic carbocycles. The molecule has 3 N–H and O–H groups in total. The van der Waals surface area contributed by atoms with E-state index in [9.17, 15) is 15.3 Å². The van der Waals surface area contributed by atoms with E-state index in [1.807, 2.05) is 13.0 Å². The Hall–Kier alpha value is -1.71. The Kier molecular flexibility index (Phi) is 5.32. The first-order valence-corrected chi connectivity index (χ1v) is 8.39. The molecule has 7 nitrogen and oxygen atoms in total. The van der Waals surface area contributed by atoms with Gasteiger partial charge in [0.05, 0.1) is 12.3 Å². The average Bonchev–Trinajstić information content (AvgIpc) is 3.00. The van der Waals surface area contributed by atoms with E-state index in [4.69, 9.17) is 14.2 Å². The molecule has 1 aromatic carbocycles. The van der Waals surface area contributed by atoms with Crippen LogP contribution in [0.25, 0.3) is 0 Å². The lowest BCUT2D eigenvalue weighted by Crippen LogP contribution is -2.62. The molecular formula is C16H19NO6S. The number of rotatable bonds is 5. The van der Waals surface area contributed by atoms with Crippen LogP contribution in [-0.2, 0) is 4.74 Å². The zero-order chi connectivity index (χ0) is 17.1. The van der Waals surface area contributed by atoms with E-state index in [1.165, 1.54) is 11.3 Å². The van der Waals surface area contributed by atoms with Gasteiger partial charge in [-0.15, -0.1) is 0 Å². The molecule has 0 radical (unpaired) electrons. The van der Waals surface area contributed by atoms with E-state index in [0.717, 1.165) is 5.69 Å². The number of hydrogen-bond acceptors (Lipinski definition) is 8. The van der Waals surface area contributed by atoms with E-state index >= 15 is 0 Å². The number of benzene rings is 1. The second kappa shape index (κ2) is 7.45. The molecule has 1 aliphatic heterocycles. The van der Waals surface area contributed by atoms with Gasteiger partial charge in [-0.1, -0.05) is 29.5 Å². The lowest BCUT2D eigenvalue weighted by atomic mass is 9.99. The van der Waals surface area contributed by atoms with Crippen LogP contribution in [0.15, 0.2) is 35.7 Å². The number of aryl methyl sites for hydroxylation is 1. The first kappa shape index (κ1) is 17.1. The fraction of sp³-hybridized carbons (Fsp3) is 0.438. The van der Waals surface area contributed by atoms with Crippen molar-refractivity contribution in [1.29, 1.82) is 0 Å². The van der Waals surface area contributed by atoms with Crippen LogP contribution in [0.1, 0.15) is 5.69 Å². The third-order valence-corrected chi connectivity index (χ3v) is 4.50. The monoisotopic (exact) mass is 353 g/mol. The van der Waals surface area contributed by atoms with Gasteiger partial charge in [-0.3, -0.25) is 0 Å². The van der Waals surface area contributed by atoms with Gasteiger partial charge in [0.2, 0.25) is 6.29 Å². The van der Waals surface area contributed by atoms with Crippen molar-refractivity contribution in [1.82, 2.24) is 4.98 Å². The third-order valence-electron chi connectivity index (χ3n) is 3.65. The Balaban J connectivity index is 1.77. The van der Waals surface area contributed by atoms with E-state index < -0.39 is 37.3 Å². The van der Waals surface area contributed by atoms with Crippen LogP contribution in [-0.4, -0.2) is 57.6 Å². The SMILES string of the molecule is Cc1csc(O[C@@H]2[C@@H](O)[C@H](Oc3ccccc3)O[C@H](CO)[C@H]2O)n1. The number of aromatic nitrogens is 1. The number of para-hydroxylation sites is 1. The number of ether oxygens (including phenoxy) is 3. The summed E-state index contributed by atoms with van der Waals surface area (Å²) in [6.45, 7) is 1.39. The number of aliphatic hydroxyl groups is 3. The minimum atomic E-state index is -1.26. The second-order valence-electron chi connectivity index (χ2n) is 5.47. The molecule has 2 aromatic rings. The van der Waals surface area contributed by atoms with Crippen molar-refractivity contribution in [3.05, 3.63) is 41.4 Å². The maximum Gasteiger partial charge on any atom is 0.273 e. The molecular weight excluding hydrogens is 334 g/mol. The van der Waals surface area contributed by atoms with Crippen LogP contribution in [0, 0.1) is 6.92 Å². The standard InChI is InChI=1S/C16H19NO6S/c1-9-8-24-16(17-9)23-14-12(19)11(7-18)22-15(13(14)20)21-10-5-3-2-4-6-10/h2-6,8,11-15,18-20H,7H2,1H3/t11-,12-,13-,14+,15-/m1/s1. The number of nitrogens with zero attached hydrogens (tertiary/aromatic N) is 1. The highest BCUT2D eigenvalue weighted by Gasteiger charge is 2.47. The van der Waals surface area contributed by atoms with Crippen LogP contribution in [0.3, 0.4) is 0 Å². The lowest BCUT2D eigenvalue weighted by Gasteiger charge is -2.41. The minimum Gasteiger partial charge on any atom is -0.462 e. The fourth-order valence-electron chi connectivity index (χ4n) is 2.43. The summed E-state index contributed by atoms with van der Waals surface area (Å²) in [4.78, 5) is 4.16. The smallest absolute Gasteiger partial charge is 0.273 e. The van der Waals surface area contributed by atoms with Crippen molar-refractivity contribution < 1.29 is 29.5 Å². The third kappa shape index (κ3) is 3.68. The van der Waals surface area contributed by atoms with Crippen LogP contribution in [0.2, 0.25) is 0 Å². The van der Waals surface area contributed by atoms with Crippen molar-refractivity contribution in [2.24, 2.45) is 0 Å². The Morgan fingerprint density at radius 2 is 1.92 bits per heavy atom. The summed E-state index contributed by atoms with van der Waals surface area (Å²) < 4.78 is 16.7. The van der Waals surface area contributed by atoms with Gasteiger partial charge in [-0.25, -0.2) is 4.98 Å². The topological polar surface area (TPSA) is 101 Å². The van der Waals surface area contributed by atoms with Gasteiger partial charge in [0.25, 0.3) is 5.19 Å². The fourth-order valence-corrected chi connectivity index (χ4v) is 3.11. The van der Waals surface area contributed by atoms with Crippen molar-refractivity contribution in [3.8, 4) is 10.9 Å². The molecule has 1 saturated heterocycles. The van der Waals surface area contributed by atoms with Gasteiger partial charge in [0.15, 0.2) is 12.2 Å².